The van der Waals surface area contributed by atoms with Crippen LogP contribution in [-0.4, -0.2) is 3.71 Å². The van der Waals surface area contributed by atoms with Crippen LogP contribution in [0.25, 0.3) is 0 Å². The fourth-order valence-corrected chi connectivity index (χ4v) is 17.9. The molecule has 1 aromatic carbocycles. The number of halogens is 2. The summed E-state index contributed by atoms with van der Waals surface area (Å²) in [7, 11) is 0. The monoisotopic (exact) mass is 563 g/mol. The van der Waals surface area contributed by atoms with Crippen molar-refractivity contribution in [3.8, 4) is 0 Å². The number of hydrogen-bond acceptors (Lipinski definition) is 0. The molecule has 3 aliphatic carbocycles. The molecule has 0 saturated carbocycles. The van der Waals surface area contributed by atoms with Gasteiger partial charge in [0.25, 0.3) is 0 Å². The summed E-state index contributed by atoms with van der Waals surface area (Å²) >= 11 is -2.97. The first-order chi connectivity index (χ1) is 14.5. The maximum atomic E-state index is 2.80. The number of hydrogen-bond donors (Lipinski definition) is 0. The van der Waals surface area contributed by atoms with Crippen LogP contribution in [0, 0.1) is 10.8 Å². The fourth-order valence-electron chi connectivity index (χ4n) is 6.25. The molecule has 0 aromatic heterocycles. The predicted molar refractivity (Wildman–Crippen MR) is 149 cm³/mol. The van der Waals surface area contributed by atoms with Gasteiger partial charge in [-0.15, -0.1) is 24.8 Å². The van der Waals surface area contributed by atoms with Crippen LogP contribution in [0.3, 0.4) is 0 Å². The van der Waals surface area contributed by atoms with Crippen LogP contribution in [0.1, 0.15) is 79.2 Å². The van der Waals surface area contributed by atoms with E-state index in [0.29, 0.717) is 3.63 Å². The first-order valence-corrected chi connectivity index (χ1v) is 18.8. The number of benzene rings is 1. The maximum Gasteiger partial charge on any atom is -0.147 e. The van der Waals surface area contributed by atoms with Gasteiger partial charge in [0, 0.05) is 0 Å². The zero-order chi connectivity index (χ0) is 22.4. The second-order valence-electron chi connectivity index (χ2n) is 12.1. The van der Waals surface area contributed by atoms with Gasteiger partial charge < -0.3 is 0 Å². The third kappa shape index (κ3) is 5.68. The van der Waals surface area contributed by atoms with Gasteiger partial charge in [-0.2, -0.15) is 0 Å². The molecule has 0 heterocycles. The molecule has 0 N–H and O–H groups in total. The minimum atomic E-state index is -2.97. The summed E-state index contributed by atoms with van der Waals surface area (Å²) in [6.45, 7) is 14.5. The quantitative estimate of drug-likeness (QED) is 0.342. The van der Waals surface area contributed by atoms with E-state index in [9.17, 15) is 0 Å². The van der Waals surface area contributed by atoms with E-state index in [0.717, 1.165) is 0 Å². The van der Waals surface area contributed by atoms with Crippen molar-refractivity contribution in [2.45, 2.75) is 81.9 Å². The van der Waals surface area contributed by atoms with Crippen LogP contribution < -0.4 is 0 Å². The Bertz CT molecular complexity index is 1040. The van der Waals surface area contributed by atoms with Crippen LogP contribution in [0.15, 0.2) is 74.1 Å². The van der Waals surface area contributed by atoms with E-state index < -0.39 is 19.8 Å². The van der Waals surface area contributed by atoms with Crippen molar-refractivity contribution in [1.82, 2.24) is 0 Å². The molecule has 3 aliphatic rings. The number of rotatable bonds is 3. The van der Waals surface area contributed by atoms with Crippen LogP contribution in [0.2, 0.25) is 8.26 Å². The van der Waals surface area contributed by atoms with Crippen molar-refractivity contribution in [3.05, 3.63) is 79.7 Å². The van der Waals surface area contributed by atoms with Gasteiger partial charge in [-0.1, -0.05) is 0 Å². The van der Waals surface area contributed by atoms with Crippen LogP contribution in [-0.2, 0) is 19.8 Å². The Labute approximate surface area is 219 Å². The summed E-state index contributed by atoms with van der Waals surface area (Å²) in [5.41, 5.74) is 8.61. The average molecular weight is 566 g/mol. The molecule has 0 amide bonds. The molecule has 0 spiro atoms. The topological polar surface area (TPSA) is 0 Å². The zero-order valence-electron chi connectivity index (χ0n) is 21.6. The minimum Gasteiger partial charge on any atom is -0.147 e. The van der Waals surface area contributed by atoms with Gasteiger partial charge >= 0.3 is 196 Å². The van der Waals surface area contributed by atoms with Gasteiger partial charge in [0.1, 0.15) is 0 Å². The summed E-state index contributed by atoms with van der Waals surface area (Å²) in [6.07, 6.45) is 14.3. The van der Waals surface area contributed by atoms with Crippen molar-refractivity contribution >= 4 is 28.5 Å². The third-order valence-corrected chi connectivity index (χ3v) is 18.7. The molecule has 0 fully saturated rings. The van der Waals surface area contributed by atoms with Gasteiger partial charge in [-0.3, -0.25) is 0 Å². The van der Waals surface area contributed by atoms with E-state index in [1.165, 1.54) is 37.7 Å². The first kappa shape index (κ1) is 28.7. The van der Waals surface area contributed by atoms with Gasteiger partial charge in [0.15, 0.2) is 0 Å². The van der Waals surface area contributed by atoms with E-state index in [1.54, 1.807) is 16.7 Å². The molecular weight excluding hydrogens is 522 g/mol. The van der Waals surface area contributed by atoms with Gasteiger partial charge in [-0.25, -0.2) is 0 Å². The van der Waals surface area contributed by atoms with Gasteiger partial charge in [0.2, 0.25) is 0 Å². The Balaban J connectivity index is 0.00000193. The SMILES string of the molecule is CC(C)(C)C1=CC[C]([Zr]([CH3])(=[CH]c2ccccc2)[CH]2C=CC3=C2CCCC3)=C1C(C)(C)C.Cl.Cl. The standard InChI is InChI=1S/C13H21.C9H11.C7H6.CH3.2ClH.Zr/c1-12(2,3)10-8-7-9-11(10)13(4,5)6;1-2-5-9-7-3-6-8(9)4-1;1-7-5-3-2-4-6-7;;;;/h8H,7H2,1-6H3;3,6-7H,1-2,4-5H2;1-6H;1H3;2*1H;. The average Bonchev–Trinajstić information content (AvgIpc) is 3.34. The summed E-state index contributed by atoms with van der Waals surface area (Å²) < 4.78 is 8.07. The molecule has 2 unspecified atom stereocenters. The smallest absolute Gasteiger partial charge is 0.147 e. The third-order valence-electron chi connectivity index (χ3n) is 7.62. The molecule has 0 nitrogen and oxygen atoms in total. The van der Waals surface area contributed by atoms with E-state index >= 15 is 0 Å². The molecule has 0 radical (unpaired) electrons. The van der Waals surface area contributed by atoms with E-state index in [1.807, 2.05) is 8.85 Å². The van der Waals surface area contributed by atoms with Gasteiger partial charge in [-0.05, 0) is 0 Å². The zero-order valence-corrected chi connectivity index (χ0v) is 25.7. The second kappa shape index (κ2) is 10.6. The Morgan fingerprint density at radius 3 is 2.12 bits per heavy atom. The molecule has 2 atom stereocenters. The Morgan fingerprint density at radius 1 is 0.879 bits per heavy atom. The predicted octanol–water partition coefficient (Wildman–Crippen LogP) is 9.79. The van der Waals surface area contributed by atoms with Crippen molar-refractivity contribution < 1.29 is 19.8 Å². The summed E-state index contributed by atoms with van der Waals surface area (Å²) in [5.74, 6) is 0. The van der Waals surface area contributed by atoms with E-state index in [4.69, 9.17) is 0 Å². The van der Waals surface area contributed by atoms with Crippen molar-refractivity contribution in [2.75, 3.05) is 0 Å². The molecular formula is C30H43Cl2Zr. The minimum absolute atomic E-state index is 0. The van der Waals surface area contributed by atoms with E-state index in [-0.39, 0.29) is 35.6 Å². The molecule has 0 bridgehead atoms. The summed E-state index contributed by atoms with van der Waals surface area (Å²) in [6, 6.07) is 11.2. The maximum absolute atomic E-state index is 2.97. The Morgan fingerprint density at radius 2 is 1.52 bits per heavy atom. The van der Waals surface area contributed by atoms with Crippen molar-refractivity contribution in [2.24, 2.45) is 10.8 Å². The normalized spacial score (nSPS) is 22.3. The summed E-state index contributed by atoms with van der Waals surface area (Å²) in [5, 5.41) is 0. The molecule has 0 aliphatic heterocycles. The molecule has 33 heavy (non-hydrogen) atoms. The molecule has 0 saturated heterocycles. The van der Waals surface area contributed by atoms with Crippen LogP contribution >= 0.6 is 24.8 Å². The second-order valence-corrected chi connectivity index (χ2v) is 22.1. The first-order valence-electron chi connectivity index (χ1n) is 12.3. The largest absolute Gasteiger partial charge is 0.147 e. The van der Waals surface area contributed by atoms with Crippen LogP contribution in [0.4, 0.5) is 0 Å². The van der Waals surface area contributed by atoms with E-state index in [2.05, 4.69) is 98.4 Å². The molecule has 3 heteroatoms. The van der Waals surface area contributed by atoms with Crippen molar-refractivity contribution in [3.63, 3.8) is 0 Å². The fraction of sp³-hybridized carbons (Fsp3) is 0.500. The Hall–Kier alpha value is -0.487. The molecule has 1 aromatic rings. The Kier molecular flexibility index (Phi) is 9.27. The van der Waals surface area contributed by atoms with Crippen molar-refractivity contribution in [1.29, 1.82) is 0 Å². The van der Waals surface area contributed by atoms with Gasteiger partial charge in [0.05, 0.1) is 0 Å². The summed E-state index contributed by atoms with van der Waals surface area (Å²) in [4.78, 5) is 0. The molecule has 4 rings (SSSR count). The van der Waals surface area contributed by atoms with Crippen LogP contribution in [0.5, 0.6) is 0 Å². The molecule has 181 valence electrons. The number of allylic oxidation sites excluding steroid dienone is 8.